The molecule has 0 aromatic rings. The van der Waals surface area contributed by atoms with Crippen LogP contribution in [0.3, 0.4) is 0 Å². The van der Waals surface area contributed by atoms with Crippen LogP contribution in [0.1, 0.15) is 46.5 Å². The Kier molecular flexibility index (Phi) is 4.98. The van der Waals surface area contributed by atoms with Crippen molar-refractivity contribution in [3.8, 4) is 0 Å². The SMILES string of the molecule is COC[C@H](C)S(=O)(=O)NC1CCC(C)(C)CC1. The zero-order valence-electron chi connectivity index (χ0n) is 11.3. The molecule has 1 saturated carbocycles. The first kappa shape index (κ1) is 14.9. The zero-order valence-corrected chi connectivity index (χ0v) is 12.1. The molecular weight excluding hydrogens is 238 g/mol. The van der Waals surface area contributed by atoms with Crippen molar-refractivity contribution < 1.29 is 13.2 Å². The van der Waals surface area contributed by atoms with Gasteiger partial charge in [0.15, 0.2) is 0 Å². The lowest BCUT2D eigenvalue weighted by molar-refractivity contribution is 0.198. The van der Waals surface area contributed by atoms with E-state index in [1.54, 1.807) is 6.92 Å². The van der Waals surface area contributed by atoms with Gasteiger partial charge in [-0.05, 0) is 38.0 Å². The van der Waals surface area contributed by atoms with Crippen LogP contribution in [0.2, 0.25) is 0 Å². The second-order valence-corrected chi connectivity index (χ2v) is 8.00. The van der Waals surface area contributed by atoms with Crippen LogP contribution in [0.25, 0.3) is 0 Å². The lowest BCUT2D eigenvalue weighted by atomic mass is 9.76. The van der Waals surface area contributed by atoms with E-state index in [0.29, 0.717) is 5.41 Å². The van der Waals surface area contributed by atoms with E-state index in [9.17, 15) is 8.42 Å². The average molecular weight is 263 g/mol. The molecule has 1 N–H and O–H groups in total. The molecule has 17 heavy (non-hydrogen) atoms. The van der Waals surface area contributed by atoms with Crippen molar-refractivity contribution in [3.63, 3.8) is 0 Å². The van der Waals surface area contributed by atoms with Gasteiger partial charge in [-0.2, -0.15) is 0 Å². The quantitative estimate of drug-likeness (QED) is 0.824. The number of hydrogen-bond acceptors (Lipinski definition) is 3. The summed E-state index contributed by atoms with van der Waals surface area (Å²) in [6.45, 7) is 6.41. The maximum atomic E-state index is 12.0. The lowest BCUT2D eigenvalue weighted by Crippen LogP contribution is -2.43. The van der Waals surface area contributed by atoms with Crippen LogP contribution in [0.4, 0.5) is 0 Å². The first-order valence-electron chi connectivity index (χ1n) is 6.27. The van der Waals surface area contributed by atoms with Crippen LogP contribution in [-0.4, -0.2) is 33.4 Å². The van der Waals surface area contributed by atoms with Gasteiger partial charge in [0.25, 0.3) is 0 Å². The molecule has 1 atom stereocenters. The normalized spacial score (nSPS) is 23.5. The molecule has 0 aliphatic heterocycles. The Bertz CT molecular complexity index is 328. The largest absolute Gasteiger partial charge is 0.383 e. The van der Waals surface area contributed by atoms with E-state index in [0.717, 1.165) is 25.7 Å². The average Bonchev–Trinajstić information content (AvgIpc) is 2.21. The minimum absolute atomic E-state index is 0.104. The summed E-state index contributed by atoms with van der Waals surface area (Å²) in [7, 11) is -1.71. The van der Waals surface area contributed by atoms with Crippen molar-refractivity contribution in [1.82, 2.24) is 4.72 Å². The predicted octanol–water partition coefficient (Wildman–Crippen LogP) is 1.91. The molecule has 1 fully saturated rings. The Labute approximate surface area is 105 Å². The molecule has 0 heterocycles. The number of sulfonamides is 1. The minimum atomic E-state index is -3.23. The Morgan fingerprint density at radius 2 is 1.88 bits per heavy atom. The monoisotopic (exact) mass is 263 g/mol. The van der Waals surface area contributed by atoms with Crippen molar-refractivity contribution in [2.45, 2.75) is 57.7 Å². The summed E-state index contributed by atoms with van der Waals surface area (Å²) in [5.74, 6) is 0. The Hall–Kier alpha value is -0.130. The van der Waals surface area contributed by atoms with Crippen LogP contribution < -0.4 is 4.72 Å². The van der Waals surface area contributed by atoms with E-state index >= 15 is 0 Å². The Morgan fingerprint density at radius 1 is 1.35 bits per heavy atom. The van der Waals surface area contributed by atoms with Gasteiger partial charge in [-0.25, -0.2) is 13.1 Å². The van der Waals surface area contributed by atoms with E-state index in [1.165, 1.54) is 7.11 Å². The van der Waals surface area contributed by atoms with Crippen molar-refractivity contribution in [3.05, 3.63) is 0 Å². The summed E-state index contributed by atoms with van der Waals surface area (Å²) in [6.07, 6.45) is 4.04. The highest BCUT2D eigenvalue weighted by Gasteiger charge is 2.30. The molecule has 4 nitrogen and oxygen atoms in total. The van der Waals surface area contributed by atoms with Gasteiger partial charge in [-0.1, -0.05) is 13.8 Å². The van der Waals surface area contributed by atoms with Crippen molar-refractivity contribution in [1.29, 1.82) is 0 Å². The summed E-state index contributed by atoms with van der Waals surface area (Å²) >= 11 is 0. The molecule has 0 spiro atoms. The second-order valence-electron chi connectivity index (χ2n) is 5.87. The molecule has 1 rings (SSSR count). The second kappa shape index (κ2) is 5.67. The van der Waals surface area contributed by atoms with Crippen molar-refractivity contribution in [2.24, 2.45) is 5.41 Å². The Balaban J connectivity index is 2.50. The van der Waals surface area contributed by atoms with Crippen LogP contribution >= 0.6 is 0 Å². The number of ether oxygens (including phenoxy) is 1. The van der Waals surface area contributed by atoms with Crippen LogP contribution in [0.5, 0.6) is 0 Å². The third-order valence-corrected chi connectivity index (χ3v) is 5.46. The van der Waals surface area contributed by atoms with E-state index < -0.39 is 15.3 Å². The lowest BCUT2D eigenvalue weighted by Gasteiger charge is -2.34. The molecule has 0 amide bonds. The van der Waals surface area contributed by atoms with Gasteiger partial charge in [-0.15, -0.1) is 0 Å². The first-order valence-corrected chi connectivity index (χ1v) is 7.81. The molecule has 0 radical (unpaired) electrons. The summed E-state index contributed by atoms with van der Waals surface area (Å²) in [4.78, 5) is 0. The van der Waals surface area contributed by atoms with E-state index in [4.69, 9.17) is 4.74 Å². The third-order valence-electron chi connectivity index (χ3n) is 3.60. The highest BCUT2D eigenvalue weighted by Crippen LogP contribution is 2.35. The van der Waals surface area contributed by atoms with Gasteiger partial charge < -0.3 is 4.74 Å². The molecule has 0 aromatic carbocycles. The molecule has 1 aliphatic carbocycles. The number of hydrogen-bond donors (Lipinski definition) is 1. The molecule has 1 aliphatic rings. The van der Waals surface area contributed by atoms with E-state index in [1.807, 2.05) is 0 Å². The molecule has 0 aromatic heterocycles. The summed E-state index contributed by atoms with van der Waals surface area (Å²) in [5.41, 5.74) is 0.361. The van der Waals surface area contributed by atoms with Gasteiger partial charge in [0.05, 0.1) is 11.9 Å². The maximum absolute atomic E-state index is 12.0. The van der Waals surface area contributed by atoms with E-state index in [2.05, 4.69) is 18.6 Å². The highest BCUT2D eigenvalue weighted by atomic mass is 32.2. The third kappa shape index (κ3) is 4.56. The molecular formula is C12H25NO3S. The summed E-state index contributed by atoms with van der Waals surface area (Å²) in [5, 5.41) is -0.484. The number of rotatable bonds is 5. The molecule has 102 valence electrons. The van der Waals surface area contributed by atoms with Gasteiger partial charge >= 0.3 is 0 Å². The number of methoxy groups -OCH3 is 1. The van der Waals surface area contributed by atoms with Gasteiger partial charge in [0, 0.05) is 13.2 Å². The fourth-order valence-corrected chi connectivity index (χ4v) is 3.44. The summed E-state index contributed by atoms with van der Waals surface area (Å²) in [6, 6.07) is 0.104. The topological polar surface area (TPSA) is 55.4 Å². The number of nitrogens with one attached hydrogen (secondary N) is 1. The predicted molar refractivity (Wildman–Crippen MR) is 69.4 cm³/mol. The fourth-order valence-electron chi connectivity index (χ4n) is 2.19. The molecule has 0 saturated heterocycles. The highest BCUT2D eigenvalue weighted by molar-refractivity contribution is 7.90. The van der Waals surface area contributed by atoms with Gasteiger partial charge in [-0.3, -0.25) is 0 Å². The van der Waals surface area contributed by atoms with Gasteiger partial charge in [0.1, 0.15) is 0 Å². The van der Waals surface area contributed by atoms with Crippen LogP contribution in [0.15, 0.2) is 0 Å². The Morgan fingerprint density at radius 3 is 2.35 bits per heavy atom. The van der Waals surface area contributed by atoms with Gasteiger partial charge in [0.2, 0.25) is 10.0 Å². The van der Waals surface area contributed by atoms with Crippen LogP contribution in [-0.2, 0) is 14.8 Å². The van der Waals surface area contributed by atoms with E-state index in [-0.39, 0.29) is 12.6 Å². The smallest absolute Gasteiger partial charge is 0.216 e. The fraction of sp³-hybridized carbons (Fsp3) is 1.00. The van der Waals surface area contributed by atoms with Crippen LogP contribution in [0, 0.1) is 5.41 Å². The zero-order chi connectivity index (χ0) is 13.1. The standard InChI is InChI=1S/C12H25NO3S/c1-10(9-16-4)17(14,15)13-11-5-7-12(2,3)8-6-11/h10-11,13H,5-9H2,1-4H3/t10-/m0/s1. The molecule has 0 unspecified atom stereocenters. The summed E-state index contributed by atoms with van der Waals surface area (Å²) < 4.78 is 31.6. The maximum Gasteiger partial charge on any atom is 0.216 e. The van der Waals surface area contributed by atoms with Crippen molar-refractivity contribution in [2.75, 3.05) is 13.7 Å². The molecule has 5 heteroatoms. The molecule has 0 bridgehead atoms. The first-order chi connectivity index (χ1) is 7.77. The van der Waals surface area contributed by atoms with Crippen molar-refractivity contribution >= 4 is 10.0 Å². The minimum Gasteiger partial charge on any atom is -0.383 e.